The van der Waals surface area contributed by atoms with Crippen molar-refractivity contribution in [1.29, 1.82) is 0 Å². The number of nitrogens with one attached hydrogen (secondary N) is 2. The highest BCUT2D eigenvalue weighted by molar-refractivity contribution is 6.03. The summed E-state index contributed by atoms with van der Waals surface area (Å²) in [6.07, 6.45) is 6.21. The number of aliphatic hydroxyl groups is 1. The third-order valence-corrected chi connectivity index (χ3v) is 6.40. The van der Waals surface area contributed by atoms with E-state index in [4.69, 9.17) is 9.47 Å². The van der Waals surface area contributed by atoms with Gasteiger partial charge < -0.3 is 25.2 Å². The van der Waals surface area contributed by atoms with Crippen molar-refractivity contribution >= 4 is 34.3 Å². The van der Waals surface area contributed by atoms with Crippen molar-refractivity contribution in [2.45, 2.75) is 58.8 Å². The Labute approximate surface area is 247 Å². The molecule has 0 saturated heterocycles. The zero-order valence-corrected chi connectivity index (χ0v) is 24.8. The largest absolute Gasteiger partial charge is 0.491 e. The van der Waals surface area contributed by atoms with Crippen molar-refractivity contribution in [3.63, 3.8) is 0 Å². The summed E-state index contributed by atoms with van der Waals surface area (Å²) in [6.45, 7) is 8.76. The number of hydrogen-bond acceptors (Lipinski definition) is 9. The second-order valence-electron chi connectivity index (χ2n) is 11.7. The molecular weight excluding hydrogens is 534 g/mol. The van der Waals surface area contributed by atoms with Crippen LogP contribution in [0.4, 0.5) is 11.5 Å². The standard InChI is InChI=1S/C32H41N5O5/c1-22(38)18-37(19-30(40)42-32(2,3)4)14-8-11-29(39)36-27-15-25-26(16-28(27)41-20-24-12-13-24)34-21-35-31(25)33-17-23-9-6-5-7-10-23/h5-11,15-16,21-22,24,38H,12-14,17-20H2,1-4H3,(H,36,39)(H,33,34,35)/b11-8+/t22-/m1/s1. The molecule has 1 saturated carbocycles. The first-order chi connectivity index (χ1) is 20.1. The predicted octanol–water partition coefficient (Wildman–Crippen LogP) is 4.55. The van der Waals surface area contributed by atoms with Gasteiger partial charge in [0.05, 0.1) is 30.5 Å². The molecule has 1 aliphatic carbocycles. The van der Waals surface area contributed by atoms with Gasteiger partial charge in [-0.05, 0) is 58.1 Å². The second-order valence-corrected chi connectivity index (χ2v) is 11.7. The van der Waals surface area contributed by atoms with E-state index >= 15 is 0 Å². The fourth-order valence-corrected chi connectivity index (χ4v) is 4.33. The van der Waals surface area contributed by atoms with Gasteiger partial charge >= 0.3 is 5.97 Å². The summed E-state index contributed by atoms with van der Waals surface area (Å²) in [6, 6.07) is 13.7. The number of carbonyl (C=O) groups is 2. The Morgan fingerprint density at radius 3 is 2.62 bits per heavy atom. The maximum absolute atomic E-state index is 13.0. The molecular formula is C32H41N5O5. The number of ether oxygens (including phenoxy) is 2. The van der Waals surface area contributed by atoms with Crippen LogP contribution in [0.15, 0.2) is 60.9 Å². The number of fused-ring (bicyclic) bond motifs is 1. The number of aliphatic hydroxyl groups excluding tert-OH is 1. The summed E-state index contributed by atoms with van der Waals surface area (Å²) in [5, 5.41) is 17.0. The molecule has 0 aliphatic heterocycles. The van der Waals surface area contributed by atoms with Crippen LogP contribution in [0.5, 0.6) is 5.75 Å². The Morgan fingerprint density at radius 2 is 1.93 bits per heavy atom. The summed E-state index contributed by atoms with van der Waals surface area (Å²) in [4.78, 5) is 35.9. The molecule has 224 valence electrons. The molecule has 2 aromatic carbocycles. The summed E-state index contributed by atoms with van der Waals surface area (Å²) in [5.41, 5.74) is 1.73. The number of hydrogen-bond donors (Lipinski definition) is 3. The van der Waals surface area contributed by atoms with E-state index in [9.17, 15) is 14.7 Å². The van der Waals surface area contributed by atoms with E-state index in [0.717, 1.165) is 23.8 Å². The fraction of sp³-hybridized carbons (Fsp3) is 0.438. The van der Waals surface area contributed by atoms with E-state index in [0.29, 0.717) is 41.8 Å². The molecule has 1 heterocycles. The lowest BCUT2D eigenvalue weighted by Gasteiger charge is -2.25. The molecule has 1 amide bonds. The third-order valence-electron chi connectivity index (χ3n) is 6.40. The number of esters is 1. The number of amides is 1. The molecule has 1 atom stereocenters. The number of nitrogens with zero attached hydrogens (tertiary/aromatic N) is 3. The molecule has 3 N–H and O–H groups in total. The van der Waals surface area contributed by atoms with Gasteiger partial charge in [-0.15, -0.1) is 0 Å². The number of aromatic nitrogens is 2. The van der Waals surface area contributed by atoms with Crippen molar-refractivity contribution in [2.75, 3.05) is 36.9 Å². The van der Waals surface area contributed by atoms with Gasteiger partial charge in [-0.1, -0.05) is 36.4 Å². The van der Waals surface area contributed by atoms with Gasteiger partial charge in [0.1, 0.15) is 23.5 Å². The van der Waals surface area contributed by atoms with Crippen molar-refractivity contribution in [1.82, 2.24) is 14.9 Å². The van der Waals surface area contributed by atoms with Crippen LogP contribution in [0.2, 0.25) is 0 Å². The van der Waals surface area contributed by atoms with Gasteiger partial charge in [0.25, 0.3) is 0 Å². The Morgan fingerprint density at radius 1 is 1.17 bits per heavy atom. The summed E-state index contributed by atoms with van der Waals surface area (Å²) < 4.78 is 11.5. The highest BCUT2D eigenvalue weighted by Crippen LogP contribution is 2.35. The third kappa shape index (κ3) is 10.1. The van der Waals surface area contributed by atoms with Crippen molar-refractivity contribution < 1.29 is 24.2 Å². The molecule has 0 bridgehead atoms. The molecule has 1 fully saturated rings. The van der Waals surface area contributed by atoms with E-state index in [2.05, 4.69) is 20.6 Å². The molecule has 10 nitrogen and oxygen atoms in total. The van der Waals surface area contributed by atoms with Crippen LogP contribution in [-0.4, -0.2) is 69.8 Å². The molecule has 0 unspecified atom stereocenters. The lowest BCUT2D eigenvalue weighted by molar-refractivity contribution is -0.156. The molecule has 3 aromatic rings. The fourth-order valence-electron chi connectivity index (χ4n) is 4.33. The van der Waals surface area contributed by atoms with E-state index in [1.165, 1.54) is 12.4 Å². The first-order valence-corrected chi connectivity index (χ1v) is 14.3. The number of benzene rings is 2. The first-order valence-electron chi connectivity index (χ1n) is 14.3. The minimum absolute atomic E-state index is 0.00326. The average molecular weight is 576 g/mol. The Hall–Kier alpha value is -4.02. The number of rotatable bonds is 14. The quantitative estimate of drug-likeness (QED) is 0.187. The van der Waals surface area contributed by atoms with Crippen LogP contribution < -0.4 is 15.4 Å². The zero-order valence-electron chi connectivity index (χ0n) is 24.8. The van der Waals surface area contributed by atoms with E-state index in [1.807, 2.05) is 42.5 Å². The lowest BCUT2D eigenvalue weighted by Crippen LogP contribution is -2.38. The summed E-state index contributed by atoms with van der Waals surface area (Å²) in [7, 11) is 0. The van der Waals surface area contributed by atoms with Gasteiger partial charge in [0.2, 0.25) is 5.91 Å². The molecule has 4 rings (SSSR count). The highest BCUT2D eigenvalue weighted by atomic mass is 16.6. The van der Waals surface area contributed by atoms with E-state index < -0.39 is 17.7 Å². The maximum Gasteiger partial charge on any atom is 0.320 e. The zero-order chi connectivity index (χ0) is 30.1. The van der Waals surface area contributed by atoms with Gasteiger partial charge in [0.15, 0.2) is 0 Å². The molecule has 1 aliphatic rings. The van der Waals surface area contributed by atoms with Gasteiger partial charge in [-0.2, -0.15) is 0 Å². The van der Waals surface area contributed by atoms with Crippen molar-refractivity contribution in [2.24, 2.45) is 5.92 Å². The molecule has 1 aromatic heterocycles. The van der Waals surface area contributed by atoms with Crippen LogP contribution in [0.25, 0.3) is 10.9 Å². The summed E-state index contributed by atoms with van der Waals surface area (Å²) >= 11 is 0. The Balaban J connectivity index is 1.48. The van der Waals surface area contributed by atoms with Crippen LogP contribution in [0.3, 0.4) is 0 Å². The average Bonchev–Trinajstić information content (AvgIpc) is 3.74. The molecule has 42 heavy (non-hydrogen) atoms. The first kappa shape index (κ1) is 30.9. The number of anilines is 2. The minimum Gasteiger partial charge on any atom is -0.491 e. The minimum atomic E-state index is -0.648. The molecule has 0 radical (unpaired) electrons. The van der Waals surface area contributed by atoms with Crippen molar-refractivity contribution in [3.05, 3.63) is 66.5 Å². The topological polar surface area (TPSA) is 126 Å². The summed E-state index contributed by atoms with van der Waals surface area (Å²) in [5.74, 6) is 0.982. The van der Waals surface area contributed by atoms with Crippen molar-refractivity contribution in [3.8, 4) is 5.75 Å². The van der Waals surface area contributed by atoms with Gasteiger partial charge in [0, 0.05) is 37.2 Å². The predicted molar refractivity (Wildman–Crippen MR) is 163 cm³/mol. The normalized spacial score (nSPS) is 14.2. The highest BCUT2D eigenvalue weighted by Gasteiger charge is 2.23. The number of carbonyl (C=O) groups excluding carboxylic acids is 2. The monoisotopic (exact) mass is 575 g/mol. The molecule has 0 spiro atoms. The SMILES string of the molecule is C[C@@H](O)CN(C/C=C/C(=O)Nc1cc2c(NCc3ccccc3)ncnc2cc1OCC1CC1)CC(=O)OC(C)(C)C. The molecule has 10 heteroatoms. The Bertz CT molecular complexity index is 1380. The lowest BCUT2D eigenvalue weighted by atomic mass is 10.1. The second kappa shape index (κ2) is 14.2. The van der Waals surface area contributed by atoms with Crippen LogP contribution in [-0.2, 0) is 20.9 Å². The van der Waals surface area contributed by atoms with E-state index in [1.54, 1.807) is 38.7 Å². The maximum atomic E-state index is 13.0. The smallest absolute Gasteiger partial charge is 0.320 e. The van der Waals surface area contributed by atoms with Crippen LogP contribution >= 0.6 is 0 Å². The van der Waals surface area contributed by atoms with Crippen LogP contribution in [0, 0.1) is 5.92 Å². The van der Waals surface area contributed by atoms with E-state index in [-0.39, 0.29) is 25.5 Å². The Kier molecular flexibility index (Phi) is 10.5. The van der Waals surface area contributed by atoms with Gasteiger partial charge in [-0.25, -0.2) is 9.97 Å². The van der Waals surface area contributed by atoms with Crippen LogP contribution in [0.1, 0.15) is 46.1 Å². The van der Waals surface area contributed by atoms with Gasteiger partial charge in [-0.3, -0.25) is 14.5 Å².